The molecule has 3 rings (SSSR count). The second-order valence-electron chi connectivity index (χ2n) is 6.13. The average molecular weight is 351 g/mol. The molecular formula is C17H19ClN2O4. The highest BCUT2D eigenvalue weighted by molar-refractivity contribution is 6.32. The van der Waals surface area contributed by atoms with Gasteiger partial charge in [-0.1, -0.05) is 30.5 Å². The molecule has 24 heavy (non-hydrogen) atoms. The summed E-state index contributed by atoms with van der Waals surface area (Å²) in [6, 6.07) is 4.98. The number of ether oxygens (including phenoxy) is 1. The van der Waals surface area contributed by atoms with Crippen molar-refractivity contribution >= 4 is 35.0 Å². The number of carbonyl (C=O) groups excluding carboxylic acids is 3. The van der Waals surface area contributed by atoms with E-state index in [2.05, 4.69) is 5.32 Å². The van der Waals surface area contributed by atoms with E-state index in [1.54, 1.807) is 18.2 Å². The molecule has 2 aliphatic rings. The molecule has 6 nitrogen and oxygen atoms in total. The highest BCUT2D eigenvalue weighted by Crippen LogP contribution is 2.38. The Morgan fingerprint density at radius 1 is 1.25 bits per heavy atom. The van der Waals surface area contributed by atoms with Crippen molar-refractivity contribution in [3.63, 3.8) is 0 Å². The van der Waals surface area contributed by atoms with Crippen molar-refractivity contribution in [3.05, 3.63) is 23.2 Å². The minimum absolute atomic E-state index is 0.224. The van der Waals surface area contributed by atoms with Crippen LogP contribution in [0.5, 0.6) is 5.75 Å². The molecule has 3 amide bonds. The fraction of sp³-hybridized carbons (Fsp3) is 0.471. The van der Waals surface area contributed by atoms with Gasteiger partial charge in [0.1, 0.15) is 6.54 Å². The maximum absolute atomic E-state index is 12.4. The Bertz CT molecular complexity index is 667. The topological polar surface area (TPSA) is 75.7 Å². The molecule has 0 radical (unpaired) electrons. The fourth-order valence-corrected chi connectivity index (χ4v) is 3.79. The van der Waals surface area contributed by atoms with Gasteiger partial charge in [0.25, 0.3) is 0 Å². The molecule has 0 bridgehead atoms. The summed E-state index contributed by atoms with van der Waals surface area (Å²) in [7, 11) is 1.45. The van der Waals surface area contributed by atoms with E-state index in [1.807, 2.05) is 0 Å². The SMILES string of the molecule is COc1c(Cl)cccc1NC(=O)CN1C(=O)C2CCCCC2C1=O. The van der Waals surface area contributed by atoms with Crippen LogP contribution >= 0.6 is 11.6 Å². The van der Waals surface area contributed by atoms with Gasteiger partial charge in [0.05, 0.1) is 29.7 Å². The summed E-state index contributed by atoms with van der Waals surface area (Å²) in [5, 5.41) is 3.03. The third-order valence-corrected chi connectivity index (χ3v) is 4.98. The number of benzene rings is 1. The molecule has 2 unspecified atom stereocenters. The third kappa shape index (κ3) is 2.98. The van der Waals surface area contributed by atoms with Crippen LogP contribution in [-0.2, 0) is 14.4 Å². The molecular weight excluding hydrogens is 332 g/mol. The molecule has 1 heterocycles. The summed E-state index contributed by atoms with van der Waals surface area (Å²) in [6.45, 7) is -0.277. The van der Waals surface area contributed by atoms with Crippen LogP contribution in [0, 0.1) is 11.8 Å². The first kappa shape index (κ1) is 16.8. The fourth-order valence-electron chi connectivity index (χ4n) is 3.53. The van der Waals surface area contributed by atoms with Gasteiger partial charge in [-0.25, -0.2) is 0 Å². The Morgan fingerprint density at radius 3 is 2.46 bits per heavy atom. The number of para-hydroxylation sites is 1. The van der Waals surface area contributed by atoms with E-state index < -0.39 is 5.91 Å². The zero-order chi connectivity index (χ0) is 17.3. The van der Waals surface area contributed by atoms with E-state index in [9.17, 15) is 14.4 Å². The molecule has 1 saturated heterocycles. The summed E-state index contributed by atoms with van der Waals surface area (Å²) >= 11 is 6.02. The number of carbonyl (C=O) groups is 3. The monoisotopic (exact) mass is 350 g/mol. The summed E-state index contributed by atoms with van der Waals surface area (Å²) in [6.07, 6.45) is 3.38. The molecule has 7 heteroatoms. The summed E-state index contributed by atoms with van der Waals surface area (Å²) in [4.78, 5) is 38.2. The van der Waals surface area contributed by atoms with E-state index in [0.29, 0.717) is 16.5 Å². The lowest BCUT2D eigenvalue weighted by Gasteiger charge is -2.19. The van der Waals surface area contributed by atoms with Crippen LogP contribution in [0.1, 0.15) is 25.7 Å². The van der Waals surface area contributed by atoms with Gasteiger partial charge in [-0.2, -0.15) is 0 Å². The van der Waals surface area contributed by atoms with Crippen molar-refractivity contribution in [1.82, 2.24) is 4.90 Å². The molecule has 1 aliphatic carbocycles. The Kier molecular flexibility index (Phi) is 4.76. The van der Waals surface area contributed by atoms with Gasteiger partial charge in [0.15, 0.2) is 5.75 Å². The number of hydrogen-bond donors (Lipinski definition) is 1. The van der Waals surface area contributed by atoms with E-state index in [4.69, 9.17) is 16.3 Å². The van der Waals surface area contributed by atoms with Crippen LogP contribution in [-0.4, -0.2) is 36.3 Å². The molecule has 1 saturated carbocycles. The van der Waals surface area contributed by atoms with E-state index in [-0.39, 0.29) is 30.2 Å². The van der Waals surface area contributed by atoms with Crippen LogP contribution in [0.2, 0.25) is 5.02 Å². The highest BCUT2D eigenvalue weighted by Gasteiger charge is 2.48. The first-order valence-electron chi connectivity index (χ1n) is 8.00. The predicted molar refractivity (Wildman–Crippen MR) is 88.8 cm³/mol. The number of nitrogens with zero attached hydrogens (tertiary/aromatic N) is 1. The van der Waals surface area contributed by atoms with Gasteiger partial charge in [-0.3, -0.25) is 19.3 Å². The molecule has 1 aromatic rings. The second-order valence-corrected chi connectivity index (χ2v) is 6.54. The number of amides is 3. The number of imide groups is 1. The van der Waals surface area contributed by atoms with Crippen LogP contribution in [0.15, 0.2) is 18.2 Å². The van der Waals surface area contributed by atoms with Crippen LogP contribution in [0.4, 0.5) is 5.69 Å². The maximum Gasteiger partial charge on any atom is 0.244 e. The summed E-state index contributed by atoms with van der Waals surface area (Å²) in [5.74, 6) is -1.05. The lowest BCUT2D eigenvalue weighted by molar-refractivity contribution is -0.142. The van der Waals surface area contributed by atoms with Crippen LogP contribution in [0.3, 0.4) is 0 Å². The van der Waals surface area contributed by atoms with Gasteiger partial charge < -0.3 is 10.1 Å². The van der Waals surface area contributed by atoms with Gasteiger partial charge in [0.2, 0.25) is 17.7 Å². The van der Waals surface area contributed by atoms with E-state index in [0.717, 1.165) is 30.6 Å². The predicted octanol–water partition coefficient (Wildman–Crippen LogP) is 2.46. The number of nitrogens with one attached hydrogen (secondary N) is 1. The van der Waals surface area contributed by atoms with Crippen molar-refractivity contribution in [2.75, 3.05) is 19.0 Å². The molecule has 128 valence electrons. The summed E-state index contributed by atoms with van der Waals surface area (Å²) < 4.78 is 5.17. The third-order valence-electron chi connectivity index (χ3n) is 4.68. The quantitative estimate of drug-likeness (QED) is 0.846. The van der Waals surface area contributed by atoms with Crippen LogP contribution < -0.4 is 10.1 Å². The number of hydrogen-bond acceptors (Lipinski definition) is 4. The van der Waals surface area contributed by atoms with Gasteiger partial charge in [0, 0.05) is 0 Å². The molecule has 2 atom stereocenters. The Hall–Kier alpha value is -2.08. The zero-order valence-corrected chi connectivity index (χ0v) is 14.1. The molecule has 1 aromatic carbocycles. The van der Waals surface area contributed by atoms with Crippen molar-refractivity contribution in [2.45, 2.75) is 25.7 Å². The minimum Gasteiger partial charge on any atom is -0.493 e. The first-order chi connectivity index (χ1) is 11.5. The van der Waals surface area contributed by atoms with Gasteiger partial charge in [-0.15, -0.1) is 0 Å². The van der Waals surface area contributed by atoms with Gasteiger partial charge in [-0.05, 0) is 25.0 Å². The van der Waals surface area contributed by atoms with E-state index in [1.165, 1.54) is 7.11 Å². The Labute approximate surface area is 145 Å². The van der Waals surface area contributed by atoms with Gasteiger partial charge >= 0.3 is 0 Å². The number of methoxy groups -OCH3 is 1. The van der Waals surface area contributed by atoms with Crippen LogP contribution in [0.25, 0.3) is 0 Å². The van der Waals surface area contributed by atoms with Crippen molar-refractivity contribution in [3.8, 4) is 5.75 Å². The standard InChI is InChI=1S/C17H19ClN2O4/c1-24-15-12(18)7-4-8-13(15)19-14(21)9-20-16(22)10-5-2-3-6-11(10)17(20)23/h4,7-8,10-11H,2-3,5-6,9H2,1H3,(H,19,21). The lowest BCUT2D eigenvalue weighted by Crippen LogP contribution is -2.38. The van der Waals surface area contributed by atoms with E-state index >= 15 is 0 Å². The van der Waals surface area contributed by atoms with Crippen molar-refractivity contribution < 1.29 is 19.1 Å². The summed E-state index contributed by atoms with van der Waals surface area (Å²) in [5.41, 5.74) is 0.409. The Morgan fingerprint density at radius 2 is 1.88 bits per heavy atom. The Balaban J connectivity index is 1.70. The maximum atomic E-state index is 12.4. The lowest BCUT2D eigenvalue weighted by atomic mass is 9.81. The largest absolute Gasteiger partial charge is 0.493 e. The normalized spacial score (nSPS) is 23.2. The highest BCUT2D eigenvalue weighted by atomic mass is 35.5. The minimum atomic E-state index is -0.448. The van der Waals surface area contributed by atoms with Crippen molar-refractivity contribution in [1.29, 1.82) is 0 Å². The molecule has 1 aliphatic heterocycles. The molecule has 0 aromatic heterocycles. The number of anilines is 1. The average Bonchev–Trinajstić information content (AvgIpc) is 2.81. The first-order valence-corrected chi connectivity index (χ1v) is 8.38. The molecule has 1 N–H and O–H groups in total. The second kappa shape index (κ2) is 6.81. The smallest absolute Gasteiger partial charge is 0.244 e. The number of fused-ring (bicyclic) bond motifs is 1. The molecule has 0 spiro atoms. The molecule has 2 fully saturated rings. The zero-order valence-electron chi connectivity index (χ0n) is 13.4. The van der Waals surface area contributed by atoms with Crippen molar-refractivity contribution in [2.24, 2.45) is 11.8 Å². The number of rotatable bonds is 4. The number of likely N-dealkylation sites (tertiary alicyclic amines) is 1. The number of halogens is 1.